The zero-order valence-corrected chi connectivity index (χ0v) is 14.7. The van der Waals surface area contributed by atoms with Gasteiger partial charge in [-0.25, -0.2) is 4.79 Å². The number of benzene rings is 1. The van der Waals surface area contributed by atoms with Crippen LogP contribution in [0.3, 0.4) is 0 Å². The van der Waals surface area contributed by atoms with Crippen LogP contribution in [0.2, 0.25) is 0 Å². The van der Waals surface area contributed by atoms with Crippen LogP contribution in [0, 0.1) is 6.92 Å². The van der Waals surface area contributed by atoms with Crippen LogP contribution in [0.25, 0.3) is 0 Å². The highest BCUT2D eigenvalue weighted by molar-refractivity contribution is 7.98. The standard InChI is InChI=1S/C17H20N2O4S/c1-11(2)18-16(20)9-22-17(21)14-6-4-5-7-15(14)24-10-13-8-12(3)19-23-13/h4-8,11H,9-10H2,1-3H3,(H,18,20). The van der Waals surface area contributed by atoms with Crippen LogP contribution >= 0.6 is 11.8 Å². The van der Waals surface area contributed by atoms with Crippen LogP contribution in [-0.4, -0.2) is 29.7 Å². The second kappa shape index (κ2) is 8.54. The summed E-state index contributed by atoms with van der Waals surface area (Å²) in [5.74, 6) is 0.447. The van der Waals surface area contributed by atoms with Gasteiger partial charge in [0.05, 0.1) is 17.0 Å². The quantitative estimate of drug-likeness (QED) is 0.612. The van der Waals surface area contributed by atoms with Gasteiger partial charge < -0.3 is 14.6 Å². The second-order valence-electron chi connectivity index (χ2n) is 5.52. The van der Waals surface area contributed by atoms with E-state index in [1.165, 1.54) is 11.8 Å². The van der Waals surface area contributed by atoms with Gasteiger partial charge in [-0.3, -0.25) is 4.79 Å². The van der Waals surface area contributed by atoms with Gasteiger partial charge in [-0.05, 0) is 32.9 Å². The van der Waals surface area contributed by atoms with E-state index in [0.29, 0.717) is 11.3 Å². The second-order valence-corrected chi connectivity index (χ2v) is 6.53. The predicted octanol–water partition coefficient (Wildman–Crippen LogP) is 2.96. The zero-order chi connectivity index (χ0) is 17.5. The number of esters is 1. The maximum Gasteiger partial charge on any atom is 0.339 e. The fourth-order valence-corrected chi connectivity index (χ4v) is 2.88. The summed E-state index contributed by atoms with van der Waals surface area (Å²) in [6.07, 6.45) is 0. The third kappa shape index (κ3) is 5.42. The lowest BCUT2D eigenvalue weighted by Crippen LogP contribution is -2.34. The van der Waals surface area contributed by atoms with E-state index in [1.807, 2.05) is 39.0 Å². The summed E-state index contributed by atoms with van der Waals surface area (Å²) in [4.78, 5) is 24.6. The number of hydrogen-bond acceptors (Lipinski definition) is 6. The molecule has 24 heavy (non-hydrogen) atoms. The molecule has 0 radical (unpaired) electrons. The largest absolute Gasteiger partial charge is 0.452 e. The highest BCUT2D eigenvalue weighted by atomic mass is 32.2. The van der Waals surface area contributed by atoms with Crippen molar-refractivity contribution in [2.45, 2.75) is 37.5 Å². The van der Waals surface area contributed by atoms with E-state index in [-0.39, 0.29) is 18.6 Å². The molecule has 0 bridgehead atoms. The molecule has 0 fully saturated rings. The van der Waals surface area contributed by atoms with Crippen molar-refractivity contribution in [2.24, 2.45) is 0 Å². The van der Waals surface area contributed by atoms with Crippen LogP contribution in [-0.2, 0) is 15.3 Å². The molecule has 0 aliphatic carbocycles. The van der Waals surface area contributed by atoms with Gasteiger partial charge in [0.25, 0.3) is 5.91 Å². The van der Waals surface area contributed by atoms with Gasteiger partial charge in [0.1, 0.15) is 5.76 Å². The Morgan fingerprint density at radius 2 is 2.08 bits per heavy atom. The minimum atomic E-state index is -0.522. The first kappa shape index (κ1) is 18.1. The van der Waals surface area contributed by atoms with E-state index in [2.05, 4.69) is 10.5 Å². The Morgan fingerprint density at radius 1 is 1.33 bits per heavy atom. The molecule has 2 rings (SSSR count). The number of hydrogen-bond donors (Lipinski definition) is 1. The molecule has 1 heterocycles. The number of rotatable bonds is 7. The van der Waals surface area contributed by atoms with Gasteiger partial charge in [-0.2, -0.15) is 0 Å². The first-order chi connectivity index (χ1) is 11.5. The summed E-state index contributed by atoms with van der Waals surface area (Å²) < 4.78 is 10.2. The molecular weight excluding hydrogens is 328 g/mol. The summed E-state index contributed by atoms with van der Waals surface area (Å²) >= 11 is 1.45. The summed E-state index contributed by atoms with van der Waals surface area (Å²) in [5.41, 5.74) is 1.24. The lowest BCUT2D eigenvalue weighted by atomic mass is 10.2. The van der Waals surface area contributed by atoms with E-state index in [4.69, 9.17) is 9.26 Å². The highest BCUT2D eigenvalue weighted by Crippen LogP contribution is 2.27. The number of amides is 1. The fraction of sp³-hybridized carbons (Fsp3) is 0.353. The smallest absolute Gasteiger partial charge is 0.339 e. The van der Waals surface area contributed by atoms with Crippen LogP contribution in [0.15, 0.2) is 39.8 Å². The van der Waals surface area contributed by atoms with Crippen LogP contribution < -0.4 is 5.32 Å². The summed E-state index contributed by atoms with van der Waals surface area (Å²) in [6, 6.07) is 8.97. The molecule has 6 nitrogen and oxygen atoms in total. The molecule has 0 aliphatic rings. The first-order valence-corrected chi connectivity index (χ1v) is 8.54. The summed E-state index contributed by atoms with van der Waals surface area (Å²) in [5, 5.41) is 6.51. The van der Waals surface area contributed by atoms with Crippen molar-refractivity contribution in [2.75, 3.05) is 6.61 Å². The zero-order valence-electron chi connectivity index (χ0n) is 13.9. The number of carbonyl (C=O) groups is 2. The van der Waals surface area contributed by atoms with Crippen molar-refractivity contribution in [3.63, 3.8) is 0 Å². The van der Waals surface area contributed by atoms with E-state index >= 15 is 0 Å². The molecular formula is C17H20N2O4S. The van der Waals surface area contributed by atoms with E-state index in [9.17, 15) is 9.59 Å². The number of ether oxygens (including phenoxy) is 1. The molecule has 0 aliphatic heterocycles. The number of aryl methyl sites for hydroxylation is 1. The number of nitrogens with zero attached hydrogens (tertiary/aromatic N) is 1. The van der Waals surface area contributed by atoms with Gasteiger partial charge in [0.15, 0.2) is 6.61 Å². The molecule has 1 aromatic heterocycles. The minimum Gasteiger partial charge on any atom is -0.452 e. The Bertz CT molecular complexity index is 712. The molecule has 128 valence electrons. The SMILES string of the molecule is Cc1cc(CSc2ccccc2C(=O)OCC(=O)NC(C)C)on1. The topological polar surface area (TPSA) is 81.4 Å². The molecule has 0 unspecified atom stereocenters. The third-order valence-electron chi connectivity index (χ3n) is 2.94. The molecule has 1 aromatic carbocycles. The number of thioether (sulfide) groups is 1. The average Bonchev–Trinajstić information content (AvgIpc) is 2.96. The number of nitrogens with one attached hydrogen (secondary N) is 1. The van der Waals surface area contributed by atoms with Crippen LogP contribution in [0.5, 0.6) is 0 Å². The summed E-state index contributed by atoms with van der Waals surface area (Å²) in [7, 11) is 0. The van der Waals surface area contributed by atoms with E-state index < -0.39 is 5.97 Å². The van der Waals surface area contributed by atoms with Gasteiger partial charge in [0.2, 0.25) is 0 Å². The molecule has 0 saturated heterocycles. The summed E-state index contributed by atoms with van der Waals surface area (Å²) in [6.45, 7) is 5.25. The normalized spacial score (nSPS) is 10.7. The Kier molecular flexibility index (Phi) is 6.43. The molecule has 0 spiro atoms. The Morgan fingerprint density at radius 3 is 2.75 bits per heavy atom. The average molecular weight is 348 g/mol. The Hall–Kier alpha value is -2.28. The van der Waals surface area contributed by atoms with E-state index in [1.54, 1.807) is 12.1 Å². The maximum absolute atomic E-state index is 12.2. The molecule has 1 amide bonds. The monoisotopic (exact) mass is 348 g/mol. The van der Waals surface area contributed by atoms with Gasteiger partial charge in [-0.1, -0.05) is 17.3 Å². The minimum absolute atomic E-state index is 0.00408. The highest BCUT2D eigenvalue weighted by Gasteiger charge is 2.15. The van der Waals surface area contributed by atoms with Gasteiger partial charge >= 0.3 is 5.97 Å². The molecule has 7 heteroatoms. The lowest BCUT2D eigenvalue weighted by molar-refractivity contribution is -0.124. The Balaban J connectivity index is 1.97. The molecule has 0 atom stereocenters. The van der Waals surface area contributed by atoms with Crippen molar-refractivity contribution in [3.05, 3.63) is 47.3 Å². The van der Waals surface area contributed by atoms with Crippen LogP contribution in [0.1, 0.15) is 35.7 Å². The molecule has 2 aromatic rings. The van der Waals surface area contributed by atoms with Crippen molar-refractivity contribution >= 4 is 23.6 Å². The van der Waals surface area contributed by atoms with E-state index in [0.717, 1.165) is 16.3 Å². The third-order valence-corrected chi connectivity index (χ3v) is 4.03. The van der Waals surface area contributed by atoms with Crippen molar-refractivity contribution < 1.29 is 18.8 Å². The Labute approximate surface area is 144 Å². The van der Waals surface area contributed by atoms with Crippen LogP contribution in [0.4, 0.5) is 0 Å². The van der Waals surface area contributed by atoms with Gasteiger partial charge in [0, 0.05) is 17.0 Å². The van der Waals surface area contributed by atoms with Crippen molar-refractivity contribution in [1.29, 1.82) is 0 Å². The number of carbonyl (C=O) groups excluding carboxylic acids is 2. The van der Waals surface area contributed by atoms with Crippen molar-refractivity contribution in [3.8, 4) is 0 Å². The fourth-order valence-electron chi connectivity index (χ4n) is 1.97. The van der Waals surface area contributed by atoms with Crippen molar-refractivity contribution in [1.82, 2.24) is 10.5 Å². The lowest BCUT2D eigenvalue weighted by Gasteiger charge is -2.10. The van der Waals surface area contributed by atoms with Gasteiger partial charge in [-0.15, -0.1) is 11.8 Å². The number of aromatic nitrogens is 1. The molecule has 0 saturated carbocycles. The first-order valence-electron chi connectivity index (χ1n) is 7.56. The predicted molar refractivity (Wildman–Crippen MR) is 90.8 cm³/mol. The molecule has 1 N–H and O–H groups in total. The maximum atomic E-state index is 12.2.